The maximum Gasteiger partial charge on any atom is 0.258 e. The van der Waals surface area contributed by atoms with Gasteiger partial charge in [0.15, 0.2) is 0 Å². The third-order valence-electron chi connectivity index (χ3n) is 5.97. The third kappa shape index (κ3) is 5.33. The Hall–Kier alpha value is -3.36. The Kier molecular flexibility index (Phi) is 6.87. The van der Waals surface area contributed by atoms with E-state index < -0.39 is 10.0 Å². The van der Waals surface area contributed by atoms with Crippen LogP contribution in [0.3, 0.4) is 0 Å². The molecule has 2 atom stereocenters. The van der Waals surface area contributed by atoms with Crippen LogP contribution in [0.2, 0.25) is 5.02 Å². The lowest BCUT2D eigenvalue weighted by Gasteiger charge is -2.43. The van der Waals surface area contributed by atoms with Crippen molar-refractivity contribution < 1.29 is 18.0 Å². The van der Waals surface area contributed by atoms with E-state index in [0.29, 0.717) is 22.7 Å². The summed E-state index contributed by atoms with van der Waals surface area (Å²) in [6.07, 6.45) is 1.61. The van der Waals surface area contributed by atoms with E-state index in [9.17, 15) is 18.0 Å². The van der Waals surface area contributed by atoms with Crippen LogP contribution in [0.1, 0.15) is 42.2 Å². The zero-order chi connectivity index (χ0) is 25.3. The summed E-state index contributed by atoms with van der Waals surface area (Å²) in [6, 6.07) is 20.6. The zero-order valence-electron chi connectivity index (χ0n) is 19.6. The fourth-order valence-corrected chi connectivity index (χ4v) is 5.24. The van der Waals surface area contributed by atoms with Gasteiger partial charge in [0.25, 0.3) is 5.91 Å². The van der Waals surface area contributed by atoms with Crippen LogP contribution in [0.25, 0.3) is 0 Å². The molecule has 4 rings (SSSR count). The van der Waals surface area contributed by atoms with Crippen LogP contribution in [0, 0.1) is 0 Å². The van der Waals surface area contributed by atoms with Gasteiger partial charge >= 0.3 is 0 Å². The maximum atomic E-state index is 13.6. The van der Waals surface area contributed by atoms with Crippen LogP contribution >= 0.6 is 11.6 Å². The van der Waals surface area contributed by atoms with Crippen molar-refractivity contribution in [3.63, 3.8) is 0 Å². The molecule has 1 N–H and O–H groups in total. The molecule has 9 heteroatoms. The normalized spacial score (nSPS) is 17.4. The number of fused-ring (bicyclic) bond motifs is 1. The molecule has 182 valence electrons. The van der Waals surface area contributed by atoms with Crippen molar-refractivity contribution in [2.75, 3.05) is 20.8 Å². The fraction of sp³-hybridized carbons (Fsp3) is 0.231. The van der Waals surface area contributed by atoms with Gasteiger partial charge in [0.1, 0.15) is 0 Å². The molecule has 0 saturated heterocycles. The summed E-state index contributed by atoms with van der Waals surface area (Å²) in [4.78, 5) is 29.8. The van der Waals surface area contributed by atoms with E-state index in [1.54, 1.807) is 46.2 Å². The molecule has 1 aliphatic heterocycles. The van der Waals surface area contributed by atoms with Crippen LogP contribution in [0.5, 0.6) is 0 Å². The molecule has 2 amide bonds. The number of sulfonamides is 1. The molecule has 0 fully saturated rings. The summed E-state index contributed by atoms with van der Waals surface area (Å²) < 4.78 is 25.4. The van der Waals surface area contributed by atoms with Crippen LogP contribution in [-0.4, -0.2) is 32.5 Å². The standard InChI is InChI=1S/C26H26ClN3O4S/c1-17-16-25(30(18(2)31)22-14-10-20(27)11-15-22)23-6-4-5-7-24(23)29(17)26(32)19-8-12-21(13-9-19)28-35(3,33)34/h4-15,17,25,28H,16H2,1-3H3. The first-order valence-corrected chi connectivity index (χ1v) is 13.4. The van der Waals surface area contributed by atoms with Crippen LogP contribution in [0.15, 0.2) is 72.8 Å². The minimum absolute atomic E-state index is 0.104. The average molecular weight is 512 g/mol. The van der Waals surface area contributed by atoms with Gasteiger partial charge in [-0.2, -0.15) is 0 Å². The summed E-state index contributed by atoms with van der Waals surface area (Å²) in [5.74, 6) is -0.303. The van der Waals surface area contributed by atoms with E-state index in [0.717, 1.165) is 23.2 Å². The predicted molar refractivity (Wildman–Crippen MR) is 140 cm³/mol. The minimum atomic E-state index is -3.41. The van der Waals surface area contributed by atoms with Gasteiger partial charge in [-0.3, -0.25) is 14.3 Å². The Morgan fingerprint density at radius 3 is 2.23 bits per heavy atom. The summed E-state index contributed by atoms with van der Waals surface area (Å²) in [5, 5.41) is 0.587. The number of halogens is 1. The molecular formula is C26H26ClN3O4S. The van der Waals surface area contributed by atoms with Crippen molar-refractivity contribution in [1.82, 2.24) is 0 Å². The van der Waals surface area contributed by atoms with Gasteiger partial charge in [-0.1, -0.05) is 29.8 Å². The highest BCUT2D eigenvalue weighted by Crippen LogP contribution is 2.42. The number of rotatable bonds is 5. The molecule has 0 saturated carbocycles. The molecule has 0 bridgehead atoms. The summed E-state index contributed by atoms with van der Waals surface area (Å²) in [6.45, 7) is 3.49. The van der Waals surface area contributed by atoms with Gasteiger partial charge in [-0.05, 0) is 73.5 Å². The topological polar surface area (TPSA) is 86.8 Å². The molecule has 3 aromatic rings. The molecule has 0 spiro atoms. The van der Waals surface area contributed by atoms with Gasteiger partial charge in [-0.15, -0.1) is 0 Å². The highest BCUT2D eigenvalue weighted by Gasteiger charge is 2.38. The number of benzene rings is 3. The average Bonchev–Trinajstić information content (AvgIpc) is 2.79. The number of carbonyl (C=O) groups excluding carboxylic acids is 2. The largest absolute Gasteiger partial charge is 0.305 e. The molecule has 1 aliphatic rings. The third-order valence-corrected chi connectivity index (χ3v) is 6.83. The zero-order valence-corrected chi connectivity index (χ0v) is 21.2. The molecular weight excluding hydrogens is 486 g/mol. The Balaban J connectivity index is 1.70. The van der Waals surface area contributed by atoms with Crippen molar-refractivity contribution in [3.05, 3.63) is 88.9 Å². The quantitative estimate of drug-likeness (QED) is 0.507. The van der Waals surface area contributed by atoms with E-state index in [2.05, 4.69) is 4.72 Å². The number of amides is 2. The molecule has 7 nitrogen and oxygen atoms in total. The van der Waals surface area contributed by atoms with Crippen LogP contribution < -0.4 is 14.5 Å². The van der Waals surface area contributed by atoms with Crippen molar-refractivity contribution in [2.45, 2.75) is 32.4 Å². The van der Waals surface area contributed by atoms with Gasteiger partial charge in [0.2, 0.25) is 15.9 Å². The smallest absolute Gasteiger partial charge is 0.258 e. The van der Waals surface area contributed by atoms with E-state index in [1.807, 2.05) is 43.3 Å². The first-order chi connectivity index (χ1) is 16.5. The molecule has 2 unspecified atom stereocenters. The van der Waals surface area contributed by atoms with Crippen molar-refractivity contribution >= 4 is 50.5 Å². The Labute approximate surface area is 210 Å². The summed E-state index contributed by atoms with van der Waals surface area (Å²) in [5.41, 5.74) is 3.17. The predicted octanol–water partition coefficient (Wildman–Crippen LogP) is 5.24. The van der Waals surface area contributed by atoms with Gasteiger partial charge in [0.05, 0.1) is 12.3 Å². The second kappa shape index (κ2) is 9.71. The van der Waals surface area contributed by atoms with Crippen molar-refractivity contribution in [3.8, 4) is 0 Å². The van der Waals surface area contributed by atoms with Crippen LogP contribution in [-0.2, 0) is 14.8 Å². The monoisotopic (exact) mass is 511 g/mol. The molecule has 1 heterocycles. The lowest BCUT2D eigenvalue weighted by atomic mass is 9.89. The number of nitrogens with one attached hydrogen (secondary N) is 1. The van der Waals surface area contributed by atoms with E-state index in [-0.39, 0.29) is 23.9 Å². The second-order valence-corrected chi connectivity index (χ2v) is 10.8. The molecule has 0 aliphatic carbocycles. The number of hydrogen-bond donors (Lipinski definition) is 1. The molecule has 35 heavy (non-hydrogen) atoms. The molecule has 0 radical (unpaired) electrons. The van der Waals surface area contributed by atoms with Crippen LogP contribution in [0.4, 0.5) is 17.1 Å². The Bertz CT molecular complexity index is 1360. The van der Waals surface area contributed by atoms with E-state index >= 15 is 0 Å². The van der Waals surface area contributed by atoms with Gasteiger partial charge in [-0.25, -0.2) is 8.42 Å². The van der Waals surface area contributed by atoms with Gasteiger partial charge < -0.3 is 9.80 Å². The van der Waals surface area contributed by atoms with E-state index in [4.69, 9.17) is 11.6 Å². The lowest BCUT2D eigenvalue weighted by Crippen LogP contribution is -2.47. The van der Waals surface area contributed by atoms with Gasteiger partial charge in [0, 0.05) is 40.6 Å². The number of anilines is 3. The highest BCUT2D eigenvalue weighted by molar-refractivity contribution is 7.92. The Morgan fingerprint density at radius 2 is 1.63 bits per heavy atom. The Morgan fingerprint density at radius 1 is 1.00 bits per heavy atom. The molecule has 3 aromatic carbocycles. The first kappa shape index (κ1) is 24.8. The fourth-order valence-electron chi connectivity index (χ4n) is 4.55. The first-order valence-electron chi connectivity index (χ1n) is 11.1. The van der Waals surface area contributed by atoms with E-state index in [1.165, 1.54) is 6.92 Å². The number of carbonyl (C=O) groups is 2. The number of nitrogens with zero attached hydrogens (tertiary/aromatic N) is 2. The maximum absolute atomic E-state index is 13.6. The summed E-state index contributed by atoms with van der Waals surface area (Å²) >= 11 is 6.06. The second-order valence-electron chi connectivity index (χ2n) is 8.65. The summed E-state index contributed by atoms with van der Waals surface area (Å²) in [7, 11) is -3.41. The number of para-hydroxylation sites is 1. The molecule has 0 aromatic heterocycles. The SMILES string of the molecule is CC(=O)N(c1ccc(Cl)cc1)C1CC(C)N(C(=O)c2ccc(NS(C)(=O)=O)cc2)c2ccccc21. The minimum Gasteiger partial charge on any atom is -0.305 e. The van der Waals surface area contributed by atoms with Crippen molar-refractivity contribution in [1.29, 1.82) is 0 Å². The highest BCUT2D eigenvalue weighted by atomic mass is 35.5. The lowest BCUT2D eigenvalue weighted by molar-refractivity contribution is -0.117. The number of hydrogen-bond acceptors (Lipinski definition) is 4. The van der Waals surface area contributed by atoms with Crippen molar-refractivity contribution in [2.24, 2.45) is 0 Å².